The van der Waals surface area contributed by atoms with E-state index >= 15 is 0 Å². The van der Waals surface area contributed by atoms with E-state index in [2.05, 4.69) is 6.92 Å². The van der Waals surface area contributed by atoms with E-state index < -0.39 is 10.1 Å². The topological polar surface area (TPSA) is 52.6 Å². The average molecular weight is 328 g/mol. The SMILES string of the molecule is CCCCCOCCCCCOS(=O)(=O)c1ccc(C)cc1. The largest absolute Gasteiger partial charge is 0.381 e. The van der Waals surface area contributed by atoms with Crippen LogP contribution in [-0.2, 0) is 19.0 Å². The summed E-state index contributed by atoms with van der Waals surface area (Å²) >= 11 is 0. The first kappa shape index (κ1) is 19.1. The van der Waals surface area contributed by atoms with E-state index in [0.717, 1.165) is 44.5 Å². The number of rotatable bonds is 12. The number of benzene rings is 1. The fourth-order valence-corrected chi connectivity index (χ4v) is 2.92. The van der Waals surface area contributed by atoms with Crippen molar-refractivity contribution in [3.63, 3.8) is 0 Å². The van der Waals surface area contributed by atoms with Crippen molar-refractivity contribution in [3.8, 4) is 0 Å². The van der Waals surface area contributed by atoms with E-state index in [1.807, 2.05) is 6.92 Å². The summed E-state index contributed by atoms with van der Waals surface area (Å²) in [4.78, 5) is 0.220. The van der Waals surface area contributed by atoms with Crippen LogP contribution in [0.1, 0.15) is 51.0 Å². The minimum atomic E-state index is -3.62. The fourth-order valence-electron chi connectivity index (χ4n) is 1.98. The van der Waals surface area contributed by atoms with Crippen LogP contribution < -0.4 is 0 Å². The van der Waals surface area contributed by atoms with Crippen LogP contribution >= 0.6 is 0 Å². The Hall–Kier alpha value is -0.910. The molecule has 0 aliphatic carbocycles. The van der Waals surface area contributed by atoms with E-state index in [-0.39, 0.29) is 11.5 Å². The normalized spacial score (nSPS) is 11.7. The van der Waals surface area contributed by atoms with Crippen molar-refractivity contribution in [3.05, 3.63) is 29.8 Å². The Morgan fingerprint density at radius 2 is 1.45 bits per heavy atom. The second-order valence-corrected chi connectivity index (χ2v) is 7.08. The van der Waals surface area contributed by atoms with Crippen LogP contribution in [0.25, 0.3) is 0 Å². The van der Waals surface area contributed by atoms with Crippen molar-refractivity contribution in [2.75, 3.05) is 19.8 Å². The van der Waals surface area contributed by atoms with E-state index in [4.69, 9.17) is 8.92 Å². The van der Waals surface area contributed by atoms with E-state index in [1.54, 1.807) is 24.3 Å². The van der Waals surface area contributed by atoms with Gasteiger partial charge < -0.3 is 4.74 Å². The smallest absolute Gasteiger partial charge is 0.296 e. The van der Waals surface area contributed by atoms with Gasteiger partial charge in [-0.1, -0.05) is 37.5 Å². The molecule has 0 saturated carbocycles. The number of hydrogen-bond donors (Lipinski definition) is 0. The standard InChI is InChI=1S/C17H28O4S/c1-3-4-6-13-20-14-7-5-8-15-21-22(18,19)17-11-9-16(2)10-12-17/h9-12H,3-8,13-15H2,1-2H3. The minimum Gasteiger partial charge on any atom is -0.381 e. The molecule has 0 aliphatic rings. The summed E-state index contributed by atoms with van der Waals surface area (Å²) in [6, 6.07) is 6.70. The number of hydrogen-bond acceptors (Lipinski definition) is 4. The minimum absolute atomic E-state index is 0.220. The van der Waals surface area contributed by atoms with Gasteiger partial charge in [0.15, 0.2) is 0 Å². The molecule has 5 heteroatoms. The van der Waals surface area contributed by atoms with Crippen molar-refractivity contribution in [1.82, 2.24) is 0 Å². The van der Waals surface area contributed by atoms with Gasteiger partial charge in [0.05, 0.1) is 11.5 Å². The van der Waals surface area contributed by atoms with Crippen molar-refractivity contribution >= 4 is 10.1 Å². The first-order chi connectivity index (χ1) is 10.6. The highest BCUT2D eigenvalue weighted by molar-refractivity contribution is 7.86. The van der Waals surface area contributed by atoms with Crippen molar-refractivity contribution < 1.29 is 17.3 Å². The van der Waals surface area contributed by atoms with E-state index in [0.29, 0.717) is 0 Å². The molecule has 0 heterocycles. The molecule has 126 valence electrons. The second-order valence-electron chi connectivity index (χ2n) is 5.47. The first-order valence-electron chi connectivity index (χ1n) is 8.10. The number of unbranched alkanes of at least 4 members (excludes halogenated alkanes) is 4. The van der Waals surface area contributed by atoms with Gasteiger partial charge in [0.2, 0.25) is 0 Å². The van der Waals surface area contributed by atoms with Gasteiger partial charge in [-0.05, 0) is 44.7 Å². The molecule has 0 spiro atoms. The van der Waals surface area contributed by atoms with Gasteiger partial charge in [0.25, 0.3) is 10.1 Å². The highest BCUT2D eigenvalue weighted by atomic mass is 32.2. The summed E-state index contributed by atoms with van der Waals surface area (Å²) in [6.07, 6.45) is 6.12. The predicted molar refractivity (Wildman–Crippen MR) is 88.5 cm³/mol. The molecule has 0 aliphatic heterocycles. The maximum absolute atomic E-state index is 11.9. The van der Waals surface area contributed by atoms with Gasteiger partial charge in [-0.2, -0.15) is 8.42 Å². The molecule has 1 rings (SSSR count). The summed E-state index contributed by atoms with van der Waals surface area (Å²) in [5.74, 6) is 0. The highest BCUT2D eigenvalue weighted by Crippen LogP contribution is 2.13. The van der Waals surface area contributed by atoms with Crippen LogP contribution in [0.3, 0.4) is 0 Å². The van der Waals surface area contributed by atoms with Crippen LogP contribution in [0, 0.1) is 6.92 Å². The third-order valence-corrected chi connectivity index (χ3v) is 4.70. The molecule has 4 nitrogen and oxygen atoms in total. The molecule has 0 unspecified atom stereocenters. The molecule has 0 bridgehead atoms. The molecule has 0 fully saturated rings. The Kier molecular flexibility index (Phi) is 9.36. The van der Waals surface area contributed by atoms with Crippen molar-refractivity contribution in [2.45, 2.75) is 57.3 Å². The number of aryl methyl sites for hydroxylation is 1. The monoisotopic (exact) mass is 328 g/mol. The van der Waals surface area contributed by atoms with Gasteiger partial charge >= 0.3 is 0 Å². The van der Waals surface area contributed by atoms with Crippen LogP contribution in [-0.4, -0.2) is 28.2 Å². The zero-order valence-electron chi connectivity index (χ0n) is 13.7. The molecule has 1 aromatic rings. The van der Waals surface area contributed by atoms with Gasteiger partial charge in [0, 0.05) is 13.2 Å². The summed E-state index contributed by atoms with van der Waals surface area (Å²) in [5.41, 5.74) is 1.03. The van der Waals surface area contributed by atoms with Gasteiger partial charge in [0.1, 0.15) is 0 Å². The highest BCUT2D eigenvalue weighted by Gasteiger charge is 2.14. The molecule has 0 radical (unpaired) electrons. The molecule has 0 saturated heterocycles. The maximum Gasteiger partial charge on any atom is 0.296 e. The second kappa shape index (κ2) is 10.8. The van der Waals surface area contributed by atoms with Gasteiger partial charge in [-0.15, -0.1) is 0 Å². The van der Waals surface area contributed by atoms with Gasteiger partial charge in [-0.3, -0.25) is 4.18 Å². The Bertz CT molecular complexity index is 494. The summed E-state index contributed by atoms with van der Waals surface area (Å²) < 4.78 is 34.4. The summed E-state index contributed by atoms with van der Waals surface area (Å²) in [5, 5.41) is 0. The molecule has 0 amide bonds. The maximum atomic E-state index is 11.9. The quantitative estimate of drug-likeness (QED) is 0.428. The van der Waals surface area contributed by atoms with Crippen LogP contribution in [0.15, 0.2) is 29.2 Å². The lowest BCUT2D eigenvalue weighted by atomic mass is 10.2. The van der Waals surface area contributed by atoms with Crippen LogP contribution in [0.4, 0.5) is 0 Å². The molecule has 0 aromatic heterocycles. The lowest BCUT2D eigenvalue weighted by Gasteiger charge is -2.06. The summed E-state index contributed by atoms with van der Waals surface area (Å²) in [7, 11) is -3.62. The van der Waals surface area contributed by atoms with Crippen LogP contribution in [0.5, 0.6) is 0 Å². The lowest BCUT2D eigenvalue weighted by Crippen LogP contribution is -2.08. The molecular weight excluding hydrogens is 300 g/mol. The average Bonchev–Trinajstić information content (AvgIpc) is 2.49. The van der Waals surface area contributed by atoms with Crippen molar-refractivity contribution in [2.24, 2.45) is 0 Å². The third-order valence-electron chi connectivity index (χ3n) is 3.37. The fraction of sp³-hybridized carbons (Fsp3) is 0.647. The summed E-state index contributed by atoms with van der Waals surface area (Å²) in [6.45, 7) is 5.89. The van der Waals surface area contributed by atoms with E-state index in [9.17, 15) is 8.42 Å². The molecule has 22 heavy (non-hydrogen) atoms. The number of ether oxygens (including phenoxy) is 1. The molecule has 1 aromatic carbocycles. The predicted octanol–water partition coefficient (Wildman–Crippen LogP) is 4.08. The lowest BCUT2D eigenvalue weighted by molar-refractivity contribution is 0.125. The molecular formula is C17H28O4S. The van der Waals surface area contributed by atoms with E-state index in [1.165, 1.54) is 12.8 Å². The third kappa shape index (κ3) is 7.92. The Balaban J connectivity index is 2.10. The van der Waals surface area contributed by atoms with Crippen LogP contribution in [0.2, 0.25) is 0 Å². The van der Waals surface area contributed by atoms with Gasteiger partial charge in [-0.25, -0.2) is 0 Å². The molecule has 0 atom stereocenters. The zero-order valence-corrected chi connectivity index (χ0v) is 14.5. The molecule has 0 N–H and O–H groups in total. The zero-order chi connectivity index (χ0) is 16.3. The first-order valence-corrected chi connectivity index (χ1v) is 9.51. The Morgan fingerprint density at radius 3 is 2.09 bits per heavy atom. The Morgan fingerprint density at radius 1 is 0.864 bits per heavy atom. The van der Waals surface area contributed by atoms with Crippen molar-refractivity contribution in [1.29, 1.82) is 0 Å². The Labute approximate surface area is 135 Å².